The van der Waals surface area contributed by atoms with E-state index >= 15 is 0 Å². The summed E-state index contributed by atoms with van der Waals surface area (Å²) >= 11 is 0. The summed E-state index contributed by atoms with van der Waals surface area (Å²) in [5.74, 6) is 0.386. The van der Waals surface area contributed by atoms with Crippen LogP contribution in [0.25, 0.3) is 0 Å². The molecule has 0 bridgehead atoms. The van der Waals surface area contributed by atoms with E-state index in [0.29, 0.717) is 12.8 Å². The Hall–Kier alpha value is -1.24. The second-order valence-electron chi connectivity index (χ2n) is 9.59. The minimum absolute atomic E-state index is 0.0149. The van der Waals surface area contributed by atoms with Gasteiger partial charge in [0.25, 0.3) is 0 Å². The number of nitrogens with zero attached hydrogens (tertiary/aromatic N) is 1. The fourth-order valence-corrected chi connectivity index (χ4v) is 7.99. The van der Waals surface area contributed by atoms with Gasteiger partial charge in [-0.05, 0) is 68.8 Å². The molecule has 6 heteroatoms. The third-order valence-corrected chi connectivity index (χ3v) is 9.36. The van der Waals surface area contributed by atoms with Crippen LogP contribution in [0.5, 0.6) is 0 Å². The Bertz CT molecular complexity index is 708. The third-order valence-electron chi connectivity index (χ3n) is 6.87. The standard InChI is InChI=1S/C24H38FNO3Si/c1-18-21(29-22(14-16-27)24(18)30(2,3)25)13-12-19-9-8-10-20(17-19)26-15-7-5-4-6-11-23(26)28/h8-10,17-18,21-22,24,27H,4-7,11-16H2,1-3H3/t18-,21+,22-,24+/m1/s1. The van der Waals surface area contributed by atoms with Crippen LogP contribution in [-0.4, -0.2) is 44.8 Å². The number of aliphatic hydroxyl groups excluding tert-OH is 1. The van der Waals surface area contributed by atoms with Crippen LogP contribution in [0.3, 0.4) is 0 Å². The van der Waals surface area contributed by atoms with Gasteiger partial charge in [-0.25, -0.2) is 0 Å². The molecule has 0 unspecified atom stereocenters. The number of aryl methyl sites for hydroxylation is 1. The zero-order valence-corrected chi connectivity index (χ0v) is 19.8. The van der Waals surface area contributed by atoms with Crippen molar-refractivity contribution in [2.24, 2.45) is 5.92 Å². The van der Waals surface area contributed by atoms with E-state index in [0.717, 1.165) is 44.3 Å². The zero-order chi connectivity index (χ0) is 21.7. The number of halogens is 1. The lowest BCUT2D eigenvalue weighted by Gasteiger charge is -2.28. The molecule has 0 aromatic heterocycles. The first-order chi connectivity index (χ1) is 14.3. The van der Waals surface area contributed by atoms with Crippen LogP contribution < -0.4 is 4.90 Å². The lowest BCUT2D eigenvalue weighted by molar-refractivity contribution is -0.118. The number of anilines is 1. The average molecular weight is 436 g/mol. The van der Waals surface area contributed by atoms with Crippen LogP contribution in [0.2, 0.25) is 18.6 Å². The van der Waals surface area contributed by atoms with Crippen molar-refractivity contribution in [3.63, 3.8) is 0 Å². The zero-order valence-electron chi connectivity index (χ0n) is 18.8. The Balaban J connectivity index is 1.66. The first kappa shape index (κ1) is 23.4. The molecule has 4 atom stereocenters. The minimum Gasteiger partial charge on any atom is -0.396 e. The van der Waals surface area contributed by atoms with Gasteiger partial charge in [-0.1, -0.05) is 31.9 Å². The monoisotopic (exact) mass is 435 g/mol. The maximum atomic E-state index is 15.0. The molecule has 0 aliphatic carbocycles. The number of ether oxygens (including phenoxy) is 1. The van der Waals surface area contributed by atoms with Gasteiger partial charge < -0.3 is 18.9 Å². The Morgan fingerprint density at radius 2 is 1.93 bits per heavy atom. The smallest absolute Gasteiger partial charge is 0.246 e. The molecule has 30 heavy (non-hydrogen) atoms. The summed E-state index contributed by atoms with van der Waals surface area (Å²) in [5, 5.41) is 9.38. The van der Waals surface area contributed by atoms with E-state index in [1.807, 2.05) is 17.0 Å². The molecular weight excluding hydrogens is 397 g/mol. The number of hydrogen-bond acceptors (Lipinski definition) is 3. The third kappa shape index (κ3) is 5.71. The van der Waals surface area contributed by atoms with Gasteiger partial charge in [-0.2, -0.15) is 0 Å². The quantitative estimate of drug-likeness (QED) is 0.470. The van der Waals surface area contributed by atoms with Crippen molar-refractivity contribution < 1.29 is 18.7 Å². The van der Waals surface area contributed by atoms with Crippen LogP contribution in [0.4, 0.5) is 9.80 Å². The van der Waals surface area contributed by atoms with Gasteiger partial charge in [-0.3, -0.25) is 4.79 Å². The van der Waals surface area contributed by atoms with Crippen LogP contribution in [0.1, 0.15) is 57.4 Å². The minimum atomic E-state index is -2.87. The Kier molecular flexibility index (Phi) is 8.10. The van der Waals surface area contributed by atoms with Gasteiger partial charge in [0.15, 0.2) is 0 Å². The Morgan fingerprint density at radius 3 is 2.67 bits per heavy atom. The van der Waals surface area contributed by atoms with E-state index < -0.39 is 8.41 Å². The van der Waals surface area contributed by atoms with Crippen molar-refractivity contribution in [3.05, 3.63) is 29.8 Å². The van der Waals surface area contributed by atoms with E-state index in [1.165, 1.54) is 12.0 Å². The SMILES string of the molecule is C[C@H]1[C@H]([Si](C)(C)F)[C@@H](CCO)O[C@H]1CCc1cccc(N2CCCCCCC2=O)c1. The van der Waals surface area contributed by atoms with E-state index in [4.69, 9.17) is 4.74 Å². The average Bonchev–Trinajstić information content (AvgIpc) is 2.99. The van der Waals surface area contributed by atoms with Gasteiger partial charge in [0.2, 0.25) is 14.3 Å². The lowest BCUT2D eigenvalue weighted by Crippen LogP contribution is -2.36. The molecule has 1 amide bonds. The number of hydrogen-bond donors (Lipinski definition) is 1. The van der Waals surface area contributed by atoms with Gasteiger partial charge in [0.05, 0.1) is 12.2 Å². The normalized spacial score (nSPS) is 28.4. The van der Waals surface area contributed by atoms with Crippen molar-refractivity contribution >= 4 is 20.0 Å². The second kappa shape index (κ2) is 10.4. The molecule has 2 saturated heterocycles. The summed E-state index contributed by atoms with van der Waals surface area (Å²) in [7, 11) is -2.87. The van der Waals surface area contributed by atoms with Crippen LogP contribution in [0, 0.1) is 5.92 Å². The van der Waals surface area contributed by atoms with Crippen LogP contribution >= 0.6 is 0 Å². The highest BCUT2D eigenvalue weighted by molar-refractivity contribution is 6.72. The van der Waals surface area contributed by atoms with E-state index in [-0.39, 0.29) is 36.2 Å². The largest absolute Gasteiger partial charge is 0.396 e. The van der Waals surface area contributed by atoms with E-state index in [9.17, 15) is 14.0 Å². The molecule has 2 aliphatic heterocycles. The molecule has 1 aromatic rings. The second-order valence-corrected chi connectivity index (χ2v) is 13.4. The summed E-state index contributed by atoms with van der Waals surface area (Å²) in [5.41, 5.74) is 2.12. The molecule has 0 radical (unpaired) electrons. The summed E-state index contributed by atoms with van der Waals surface area (Å²) in [6, 6.07) is 8.30. The van der Waals surface area contributed by atoms with Gasteiger partial charge in [-0.15, -0.1) is 0 Å². The summed E-state index contributed by atoms with van der Waals surface area (Å²) in [4.78, 5) is 14.5. The molecule has 168 valence electrons. The van der Waals surface area contributed by atoms with Crippen LogP contribution in [0.15, 0.2) is 24.3 Å². The van der Waals surface area contributed by atoms with Gasteiger partial charge in [0.1, 0.15) is 0 Å². The molecule has 4 nitrogen and oxygen atoms in total. The molecule has 0 spiro atoms. The molecule has 2 fully saturated rings. The number of carbonyl (C=O) groups is 1. The lowest BCUT2D eigenvalue weighted by atomic mass is 9.95. The first-order valence-electron chi connectivity index (χ1n) is 11.7. The maximum Gasteiger partial charge on any atom is 0.246 e. The number of rotatable bonds is 7. The summed E-state index contributed by atoms with van der Waals surface area (Å²) in [6.07, 6.45) is 7.04. The molecule has 1 aromatic carbocycles. The number of aliphatic hydroxyl groups is 1. The van der Waals surface area contributed by atoms with E-state index in [2.05, 4.69) is 19.1 Å². The van der Waals surface area contributed by atoms with E-state index in [1.54, 1.807) is 13.1 Å². The maximum absolute atomic E-state index is 15.0. The molecule has 1 N–H and O–H groups in total. The molecular formula is C24H38FNO3Si. The molecule has 2 heterocycles. The Morgan fingerprint density at radius 1 is 1.17 bits per heavy atom. The summed E-state index contributed by atoms with van der Waals surface area (Å²) < 4.78 is 21.2. The fourth-order valence-electron chi connectivity index (χ4n) is 5.40. The van der Waals surface area contributed by atoms with Crippen LogP contribution in [-0.2, 0) is 16.0 Å². The number of amides is 1. The van der Waals surface area contributed by atoms with Gasteiger partial charge >= 0.3 is 0 Å². The van der Waals surface area contributed by atoms with Gasteiger partial charge in [0, 0.05) is 30.8 Å². The van der Waals surface area contributed by atoms with Crippen molar-refractivity contribution in [3.8, 4) is 0 Å². The molecule has 0 saturated carbocycles. The predicted octanol–water partition coefficient (Wildman–Crippen LogP) is 5.25. The highest BCUT2D eigenvalue weighted by Crippen LogP contribution is 2.46. The summed E-state index contributed by atoms with van der Waals surface area (Å²) in [6.45, 7) is 6.46. The van der Waals surface area contributed by atoms with Crippen molar-refractivity contribution in [1.29, 1.82) is 0 Å². The topological polar surface area (TPSA) is 49.8 Å². The van der Waals surface area contributed by atoms with Crippen molar-refractivity contribution in [1.82, 2.24) is 0 Å². The Labute approximate surface area is 182 Å². The van der Waals surface area contributed by atoms with Crippen molar-refractivity contribution in [2.75, 3.05) is 18.1 Å². The molecule has 2 aliphatic rings. The highest BCUT2D eigenvalue weighted by atomic mass is 28.4. The number of carbonyl (C=O) groups excluding carboxylic acids is 1. The predicted molar refractivity (Wildman–Crippen MR) is 122 cm³/mol. The first-order valence-corrected chi connectivity index (χ1v) is 14.6. The number of benzene rings is 1. The van der Waals surface area contributed by atoms with Crippen molar-refractivity contribution in [2.45, 2.75) is 89.1 Å². The fraction of sp³-hybridized carbons (Fsp3) is 0.708. The molecule has 3 rings (SSSR count). The highest BCUT2D eigenvalue weighted by Gasteiger charge is 2.50.